The summed E-state index contributed by atoms with van der Waals surface area (Å²) in [7, 11) is 2.21. The van der Waals surface area contributed by atoms with Crippen LogP contribution in [0.25, 0.3) is 0 Å². The lowest BCUT2D eigenvalue weighted by Gasteiger charge is -2.48. The Morgan fingerprint density at radius 3 is 2.26 bits per heavy atom. The lowest BCUT2D eigenvalue weighted by Crippen LogP contribution is -2.54. The van der Waals surface area contributed by atoms with Gasteiger partial charge in [0.05, 0.1) is 0 Å². The van der Waals surface area contributed by atoms with E-state index in [0.29, 0.717) is 5.41 Å². The quantitative estimate of drug-likeness (QED) is 0.906. The van der Waals surface area contributed by atoms with Gasteiger partial charge in [-0.2, -0.15) is 0 Å². The first-order valence-corrected chi connectivity index (χ1v) is 7.28. The average molecular weight is 261 g/mol. The smallest absolute Gasteiger partial charge is 0.0332 e. The molecule has 0 bridgehead atoms. The molecule has 3 nitrogen and oxygen atoms in total. The van der Waals surface area contributed by atoms with Crippen LogP contribution in [0.15, 0.2) is 24.5 Å². The van der Waals surface area contributed by atoms with Crippen LogP contribution in [0.1, 0.15) is 45.1 Å². The Hall–Kier alpha value is -0.930. The molecular weight excluding hydrogens is 234 g/mol. The zero-order valence-corrected chi connectivity index (χ0v) is 12.5. The molecule has 0 radical (unpaired) electrons. The Bertz CT molecular complexity index is 390. The van der Waals surface area contributed by atoms with Crippen LogP contribution >= 0.6 is 0 Å². The maximum Gasteiger partial charge on any atom is 0.0332 e. The van der Waals surface area contributed by atoms with Gasteiger partial charge in [-0.25, -0.2) is 0 Å². The first-order chi connectivity index (χ1) is 8.97. The van der Waals surface area contributed by atoms with Crippen molar-refractivity contribution in [3.8, 4) is 0 Å². The van der Waals surface area contributed by atoms with E-state index in [1.165, 1.54) is 31.2 Å². The molecule has 106 valence electrons. The van der Waals surface area contributed by atoms with Crippen LogP contribution in [0.2, 0.25) is 0 Å². The van der Waals surface area contributed by atoms with Gasteiger partial charge in [0.15, 0.2) is 0 Å². The maximum absolute atomic E-state index is 6.13. The normalized spacial score (nSPS) is 21.5. The molecule has 0 saturated heterocycles. The van der Waals surface area contributed by atoms with Crippen molar-refractivity contribution < 1.29 is 0 Å². The van der Waals surface area contributed by atoms with E-state index in [0.717, 1.165) is 13.1 Å². The Balaban J connectivity index is 2.05. The highest BCUT2D eigenvalue weighted by Gasteiger charge is 2.40. The van der Waals surface area contributed by atoms with Gasteiger partial charge in [-0.3, -0.25) is 9.88 Å². The summed E-state index contributed by atoms with van der Waals surface area (Å²) in [5, 5.41) is 0. The van der Waals surface area contributed by atoms with E-state index in [1.807, 2.05) is 12.4 Å². The van der Waals surface area contributed by atoms with E-state index in [1.54, 1.807) is 0 Å². The lowest BCUT2D eigenvalue weighted by atomic mass is 9.68. The lowest BCUT2D eigenvalue weighted by molar-refractivity contribution is 0.0364. The average Bonchev–Trinajstić information content (AvgIpc) is 2.40. The third-order valence-electron chi connectivity index (χ3n) is 4.89. The van der Waals surface area contributed by atoms with Gasteiger partial charge in [0.1, 0.15) is 0 Å². The molecular formula is C16H27N3. The SMILES string of the molecule is CN(Cc1ccncc1)C1(CN)CCC(C)(C)CC1. The number of hydrogen-bond donors (Lipinski definition) is 1. The first kappa shape index (κ1) is 14.5. The monoisotopic (exact) mass is 261 g/mol. The summed E-state index contributed by atoms with van der Waals surface area (Å²) < 4.78 is 0. The van der Waals surface area contributed by atoms with Gasteiger partial charge in [-0.1, -0.05) is 13.8 Å². The highest BCUT2D eigenvalue weighted by molar-refractivity contribution is 5.10. The summed E-state index contributed by atoms with van der Waals surface area (Å²) in [6.45, 7) is 6.46. The first-order valence-electron chi connectivity index (χ1n) is 7.28. The Morgan fingerprint density at radius 2 is 1.74 bits per heavy atom. The second-order valence-electron chi connectivity index (χ2n) is 6.80. The summed E-state index contributed by atoms with van der Waals surface area (Å²) in [6, 6.07) is 4.18. The van der Waals surface area contributed by atoms with Crippen molar-refractivity contribution in [3.05, 3.63) is 30.1 Å². The Morgan fingerprint density at radius 1 is 1.16 bits per heavy atom. The predicted octanol–water partition coefficient (Wildman–Crippen LogP) is 2.81. The van der Waals surface area contributed by atoms with Crippen LogP contribution in [0.3, 0.4) is 0 Å². The fraction of sp³-hybridized carbons (Fsp3) is 0.688. The molecule has 0 atom stereocenters. The molecule has 0 unspecified atom stereocenters. The zero-order chi connectivity index (χ0) is 13.9. The molecule has 19 heavy (non-hydrogen) atoms. The molecule has 2 N–H and O–H groups in total. The van der Waals surface area contributed by atoms with Crippen LogP contribution in [0.5, 0.6) is 0 Å². The van der Waals surface area contributed by atoms with Crippen LogP contribution in [0, 0.1) is 5.41 Å². The minimum atomic E-state index is 0.179. The van der Waals surface area contributed by atoms with Gasteiger partial charge in [0.2, 0.25) is 0 Å². The number of nitrogens with two attached hydrogens (primary N) is 1. The fourth-order valence-electron chi connectivity index (χ4n) is 3.06. The molecule has 1 aliphatic carbocycles. The molecule has 2 rings (SSSR count). The van der Waals surface area contributed by atoms with Crippen LogP contribution in [0.4, 0.5) is 0 Å². The van der Waals surface area contributed by atoms with Crippen molar-refractivity contribution in [1.82, 2.24) is 9.88 Å². The molecule has 1 aromatic heterocycles. The van der Waals surface area contributed by atoms with E-state index in [-0.39, 0.29) is 5.54 Å². The summed E-state index contributed by atoms with van der Waals surface area (Å²) in [5.74, 6) is 0. The van der Waals surface area contributed by atoms with Crippen molar-refractivity contribution in [1.29, 1.82) is 0 Å². The number of hydrogen-bond acceptors (Lipinski definition) is 3. The number of pyridine rings is 1. The molecule has 0 aromatic carbocycles. The molecule has 0 spiro atoms. The highest BCUT2D eigenvalue weighted by atomic mass is 15.2. The van der Waals surface area contributed by atoms with E-state index in [2.05, 4.69) is 42.9 Å². The highest BCUT2D eigenvalue weighted by Crippen LogP contribution is 2.42. The second-order valence-corrected chi connectivity index (χ2v) is 6.80. The summed E-state index contributed by atoms with van der Waals surface area (Å²) >= 11 is 0. The van der Waals surface area contributed by atoms with Crippen LogP contribution in [-0.4, -0.2) is 29.0 Å². The van der Waals surface area contributed by atoms with Crippen molar-refractivity contribution in [3.63, 3.8) is 0 Å². The van der Waals surface area contributed by atoms with Gasteiger partial charge < -0.3 is 5.73 Å². The molecule has 1 aliphatic rings. The zero-order valence-electron chi connectivity index (χ0n) is 12.5. The van der Waals surface area contributed by atoms with Gasteiger partial charge in [0.25, 0.3) is 0 Å². The maximum atomic E-state index is 6.13. The van der Waals surface area contributed by atoms with E-state index in [9.17, 15) is 0 Å². The van der Waals surface area contributed by atoms with E-state index in [4.69, 9.17) is 5.73 Å². The number of nitrogens with zero attached hydrogens (tertiary/aromatic N) is 2. The fourth-order valence-corrected chi connectivity index (χ4v) is 3.06. The molecule has 1 aromatic rings. The molecule has 0 aliphatic heterocycles. The molecule has 0 amide bonds. The van der Waals surface area contributed by atoms with Gasteiger partial charge in [0, 0.05) is 31.0 Å². The largest absolute Gasteiger partial charge is 0.329 e. The minimum Gasteiger partial charge on any atom is -0.329 e. The molecule has 3 heteroatoms. The van der Waals surface area contributed by atoms with Gasteiger partial charge >= 0.3 is 0 Å². The Labute approximate surface area is 117 Å². The topological polar surface area (TPSA) is 42.2 Å². The summed E-state index contributed by atoms with van der Waals surface area (Å²) in [5.41, 5.74) is 8.10. The Kier molecular flexibility index (Phi) is 4.26. The van der Waals surface area contributed by atoms with E-state index < -0.39 is 0 Å². The third-order valence-corrected chi connectivity index (χ3v) is 4.89. The van der Waals surface area contributed by atoms with E-state index >= 15 is 0 Å². The van der Waals surface area contributed by atoms with Crippen molar-refractivity contribution in [2.45, 2.75) is 51.6 Å². The molecule has 1 fully saturated rings. The number of rotatable bonds is 4. The predicted molar refractivity (Wildman–Crippen MR) is 79.7 cm³/mol. The summed E-state index contributed by atoms with van der Waals surface area (Å²) in [4.78, 5) is 6.53. The van der Waals surface area contributed by atoms with Crippen LogP contribution in [-0.2, 0) is 6.54 Å². The van der Waals surface area contributed by atoms with Crippen molar-refractivity contribution in [2.24, 2.45) is 11.1 Å². The molecule has 1 heterocycles. The second kappa shape index (κ2) is 5.59. The van der Waals surface area contributed by atoms with Gasteiger partial charge in [-0.15, -0.1) is 0 Å². The van der Waals surface area contributed by atoms with Crippen LogP contribution < -0.4 is 5.73 Å². The van der Waals surface area contributed by atoms with Gasteiger partial charge in [-0.05, 0) is 55.8 Å². The minimum absolute atomic E-state index is 0.179. The van der Waals surface area contributed by atoms with Crippen molar-refractivity contribution >= 4 is 0 Å². The number of likely N-dealkylation sites (N-methyl/N-ethyl adjacent to an activating group) is 1. The molecule has 1 saturated carbocycles. The number of aromatic nitrogens is 1. The standard InChI is InChI=1S/C16H27N3/c1-15(2)6-8-16(13-17,9-7-15)19(3)12-14-4-10-18-11-5-14/h4-5,10-11H,6-9,12-13,17H2,1-3H3. The summed E-state index contributed by atoms with van der Waals surface area (Å²) in [6.07, 6.45) is 8.68. The third kappa shape index (κ3) is 3.34. The van der Waals surface area contributed by atoms with Crippen molar-refractivity contribution in [2.75, 3.05) is 13.6 Å².